The summed E-state index contributed by atoms with van der Waals surface area (Å²) in [5.41, 5.74) is 0. The van der Waals surface area contributed by atoms with Crippen LogP contribution in [0.25, 0.3) is 0 Å². The maximum absolute atomic E-state index is 12.8. The Morgan fingerprint density at radius 1 is 1.39 bits per heavy atom. The van der Waals surface area contributed by atoms with Crippen molar-refractivity contribution in [3.63, 3.8) is 0 Å². The Bertz CT molecular complexity index is 382. The first-order chi connectivity index (χ1) is 8.65. The van der Waals surface area contributed by atoms with Crippen molar-refractivity contribution in [2.24, 2.45) is 0 Å². The third-order valence-electron chi connectivity index (χ3n) is 2.16. The lowest BCUT2D eigenvalue weighted by molar-refractivity contribution is -0.129. The molecule has 0 saturated carbocycles. The SMILES string of the molecule is COC(CNC(=O)COc1cccc(F)c1)OC. The van der Waals surface area contributed by atoms with E-state index in [2.05, 4.69) is 5.32 Å². The summed E-state index contributed by atoms with van der Waals surface area (Å²) in [6, 6.07) is 5.59. The highest BCUT2D eigenvalue weighted by atomic mass is 19.1. The Kier molecular flexibility index (Phi) is 6.10. The number of carbonyl (C=O) groups is 1. The van der Waals surface area contributed by atoms with Gasteiger partial charge in [0.15, 0.2) is 12.9 Å². The van der Waals surface area contributed by atoms with Gasteiger partial charge in [-0.25, -0.2) is 4.39 Å². The number of nitrogens with one attached hydrogen (secondary N) is 1. The minimum Gasteiger partial charge on any atom is -0.484 e. The van der Waals surface area contributed by atoms with Gasteiger partial charge >= 0.3 is 0 Å². The van der Waals surface area contributed by atoms with E-state index in [0.29, 0.717) is 5.75 Å². The fourth-order valence-corrected chi connectivity index (χ4v) is 1.22. The van der Waals surface area contributed by atoms with Gasteiger partial charge in [0, 0.05) is 20.3 Å². The number of methoxy groups -OCH3 is 2. The Balaban J connectivity index is 2.29. The molecule has 0 spiro atoms. The Morgan fingerprint density at radius 3 is 2.72 bits per heavy atom. The third-order valence-corrected chi connectivity index (χ3v) is 2.16. The summed E-state index contributed by atoms with van der Waals surface area (Å²) in [5.74, 6) is -0.440. The molecule has 0 unspecified atom stereocenters. The molecule has 1 amide bonds. The van der Waals surface area contributed by atoms with Gasteiger partial charge in [0.25, 0.3) is 5.91 Å². The standard InChI is InChI=1S/C12H16FNO4/c1-16-12(17-2)7-14-11(15)8-18-10-5-3-4-9(13)6-10/h3-6,12H,7-8H2,1-2H3,(H,14,15). The summed E-state index contributed by atoms with van der Waals surface area (Å²) >= 11 is 0. The van der Waals surface area contributed by atoms with E-state index in [1.807, 2.05) is 0 Å². The number of rotatable bonds is 7. The molecule has 18 heavy (non-hydrogen) atoms. The fourth-order valence-electron chi connectivity index (χ4n) is 1.22. The van der Waals surface area contributed by atoms with E-state index in [-0.39, 0.29) is 19.1 Å². The molecule has 1 aromatic carbocycles. The predicted octanol–water partition coefficient (Wildman–Crippen LogP) is 0.940. The Morgan fingerprint density at radius 2 is 2.11 bits per heavy atom. The smallest absolute Gasteiger partial charge is 0.258 e. The summed E-state index contributed by atoms with van der Waals surface area (Å²) in [4.78, 5) is 11.4. The monoisotopic (exact) mass is 257 g/mol. The maximum atomic E-state index is 12.8. The van der Waals surface area contributed by atoms with E-state index in [0.717, 1.165) is 0 Å². The molecule has 1 aromatic rings. The molecule has 0 radical (unpaired) electrons. The van der Waals surface area contributed by atoms with E-state index in [4.69, 9.17) is 14.2 Å². The lowest BCUT2D eigenvalue weighted by atomic mass is 10.3. The van der Waals surface area contributed by atoms with Crippen molar-refractivity contribution in [3.05, 3.63) is 30.1 Å². The zero-order valence-corrected chi connectivity index (χ0v) is 10.3. The molecule has 0 heterocycles. The van der Waals surface area contributed by atoms with Crippen LogP contribution in [0.4, 0.5) is 4.39 Å². The van der Waals surface area contributed by atoms with E-state index >= 15 is 0 Å². The Labute approximate surface area is 105 Å². The van der Waals surface area contributed by atoms with Crippen molar-refractivity contribution >= 4 is 5.91 Å². The molecule has 0 aliphatic heterocycles. The van der Waals surface area contributed by atoms with Crippen LogP contribution in [0.5, 0.6) is 5.75 Å². The van der Waals surface area contributed by atoms with Gasteiger partial charge < -0.3 is 19.5 Å². The molecule has 0 fully saturated rings. The summed E-state index contributed by atoms with van der Waals surface area (Å²) in [6.07, 6.45) is -0.497. The lowest BCUT2D eigenvalue weighted by Gasteiger charge is -2.14. The Hall–Kier alpha value is -1.66. The number of amides is 1. The van der Waals surface area contributed by atoms with Gasteiger partial charge in [0.05, 0.1) is 6.54 Å². The molecule has 0 aliphatic rings. The molecule has 0 bridgehead atoms. The number of hydrogen-bond donors (Lipinski definition) is 1. The topological polar surface area (TPSA) is 56.8 Å². The van der Waals surface area contributed by atoms with Crippen LogP contribution in [0.3, 0.4) is 0 Å². The predicted molar refractivity (Wildman–Crippen MR) is 62.7 cm³/mol. The van der Waals surface area contributed by atoms with E-state index in [1.54, 1.807) is 6.07 Å². The summed E-state index contributed by atoms with van der Waals surface area (Å²) in [7, 11) is 2.95. The van der Waals surface area contributed by atoms with Crippen molar-refractivity contribution in [1.29, 1.82) is 0 Å². The second-order valence-corrected chi connectivity index (χ2v) is 3.45. The molecule has 0 aliphatic carbocycles. The first-order valence-corrected chi connectivity index (χ1v) is 5.36. The first kappa shape index (κ1) is 14.4. The van der Waals surface area contributed by atoms with Gasteiger partial charge in [-0.05, 0) is 12.1 Å². The van der Waals surface area contributed by atoms with Gasteiger partial charge in [0.1, 0.15) is 11.6 Å². The quantitative estimate of drug-likeness (QED) is 0.739. The van der Waals surface area contributed by atoms with Gasteiger partial charge in [-0.1, -0.05) is 6.07 Å². The van der Waals surface area contributed by atoms with Crippen molar-refractivity contribution < 1.29 is 23.4 Å². The first-order valence-electron chi connectivity index (χ1n) is 5.36. The van der Waals surface area contributed by atoms with Gasteiger partial charge in [-0.2, -0.15) is 0 Å². The van der Waals surface area contributed by atoms with Crippen LogP contribution in [0.2, 0.25) is 0 Å². The second-order valence-electron chi connectivity index (χ2n) is 3.45. The minimum atomic E-state index is -0.497. The number of ether oxygens (including phenoxy) is 3. The lowest BCUT2D eigenvalue weighted by Crippen LogP contribution is -2.36. The maximum Gasteiger partial charge on any atom is 0.258 e. The van der Waals surface area contributed by atoms with Crippen molar-refractivity contribution in [2.45, 2.75) is 6.29 Å². The largest absolute Gasteiger partial charge is 0.484 e. The summed E-state index contributed by atoms with van der Waals surface area (Å²) in [6.45, 7) is 0.0297. The molecular weight excluding hydrogens is 241 g/mol. The van der Waals surface area contributed by atoms with Gasteiger partial charge in [0.2, 0.25) is 0 Å². The molecule has 0 saturated heterocycles. The third kappa shape index (κ3) is 5.11. The number of hydrogen-bond acceptors (Lipinski definition) is 4. The second kappa shape index (κ2) is 7.62. The molecule has 0 atom stereocenters. The molecule has 100 valence electrons. The molecule has 5 nitrogen and oxygen atoms in total. The number of benzene rings is 1. The van der Waals surface area contributed by atoms with Gasteiger partial charge in [-0.15, -0.1) is 0 Å². The van der Waals surface area contributed by atoms with Crippen LogP contribution in [0.1, 0.15) is 0 Å². The van der Waals surface area contributed by atoms with E-state index < -0.39 is 12.1 Å². The molecular formula is C12H16FNO4. The summed E-state index contributed by atoms with van der Waals surface area (Å²) < 4.78 is 27.7. The van der Waals surface area contributed by atoms with Gasteiger partial charge in [-0.3, -0.25) is 4.79 Å². The summed E-state index contributed by atoms with van der Waals surface area (Å²) in [5, 5.41) is 2.56. The fraction of sp³-hybridized carbons (Fsp3) is 0.417. The van der Waals surface area contributed by atoms with Crippen molar-refractivity contribution in [1.82, 2.24) is 5.32 Å². The average molecular weight is 257 g/mol. The molecule has 1 rings (SSSR count). The zero-order chi connectivity index (χ0) is 13.4. The van der Waals surface area contributed by atoms with E-state index in [9.17, 15) is 9.18 Å². The van der Waals surface area contributed by atoms with Crippen LogP contribution >= 0.6 is 0 Å². The highest BCUT2D eigenvalue weighted by Gasteiger charge is 2.08. The minimum absolute atomic E-state index is 0.191. The van der Waals surface area contributed by atoms with Crippen molar-refractivity contribution in [2.75, 3.05) is 27.4 Å². The highest BCUT2D eigenvalue weighted by Crippen LogP contribution is 2.11. The average Bonchev–Trinajstić information content (AvgIpc) is 2.37. The van der Waals surface area contributed by atoms with Crippen LogP contribution in [0, 0.1) is 5.82 Å². The molecule has 0 aromatic heterocycles. The zero-order valence-electron chi connectivity index (χ0n) is 10.3. The van der Waals surface area contributed by atoms with Crippen LogP contribution in [-0.4, -0.2) is 39.6 Å². The molecule has 6 heteroatoms. The van der Waals surface area contributed by atoms with E-state index in [1.165, 1.54) is 32.4 Å². The molecule has 1 N–H and O–H groups in total. The van der Waals surface area contributed by atoms with Crippen molar-refractivity contribution in [3.8, 4) is 5.75 Å². The van der Waals surface area contributed by atoms with Crippen LogP contribution in [0.15, 0.2) is 24.3 Å². The van der Waals surface area contributed by atoms with Crippen LogP contribution < -0.4 is 10.1 Å². The van der Waals surface area contributed by atoms with Crippen LogP contribution in [-0.2, 0) is 14.3 Å². The number of halogens is 1. The normalized spacial score (nSPS) is 10.4. The highest BCUT2D eigenvalue weighted by molar-refractivity contribution is 5.77. The number of carbonyl (C=O) groups excluding carboxylic acids is 1.